The summed E-state index contributed by atoms with van der Waals surface area (Å²) in [6.07, 6.45) is 0.540. The summed E-state index contributed by atoms with van der Waals surface area (Å²) in [6, 6.07) is 8.03. The number of ether oxygens (including phenoxy) is 1. The first kappa shape index (κ1) is 13.3. The SMILES string of the molecule is CCOc1cccc(C(C)N2CC(S)CC2=O)c1. The molecule has 1 amide bonds. The first-order valence-electron chi connectivity index (χ1n) is 6.32. The third kappa shape index (κ3) is 2.80. The van der Waals surface area contributed by atoms with Crippen LogP contribution in [-0.4, -0.2) is 29.2 Å². The van der Waals surface area contributed by atoms with Crippen LogP contribution in [0.15, 0.2) is 24.3 Å². The molecule has 0 saturated carbocycles. The predicted octanol–water partition coefficient (Wildman–Crippen LogP) is 2.68. The maximum atomic E-state index is 11.9. The van der Waals surface area contributed by atoms with Gasteiger partial charge in [-0.05, 0) is 31.5 Å². The molecule has 0 aromatic heterocycles. The Kier molecular flexibility index (Phi) is 4.17. The Morgan fingerprint density at radius 1 is 1.56 bits per heavy atom. The van der Waals surface area contributed by atoms with Gasteiger partial charge in [-0.2, -0.15) is 12.6 Å². The van der Waals surface area contributed by atoms with Crippen molar-refractivity contribution < 1.29 is 9.53 Å². The number of carbonyl (C=O) groups is 1. The van der Waals surface area contributed by atoms with Crippen LogP contribution in [0.1, 0.15) is 31.9 Å². The van der Waals surface area contributed by atoms with E-state index in [-0.39, 0.29) is 17.2 Å². The number of nitrogens with zero attached hydrogens (tertiary/aromatic N) is 1. The van der Waals surface area contributed by atoms with Crippen molar-refractivity contribution in [3.8, 4) is 5.75 Å². The summed E-state index contributed by atoms with van der Waals surface area (Å²) in [7, 11) is 0. The summed E-state index contributed by atoms with van der Waals surface area (Å²) >= 11 is 4.38. The highest BCUT2D eigenvalue weighted by Crippen LogP contribution is 2.29. The summed E-state index contributed by atoms with van der Waals surface area (Å²) in [6.45, 7) is 5.39. The average Bonchev–Trinajstić information content (AvgIpc) is 2.68. The summed E-state index contributed by atoms with van der Waals surface area (Å²) in [5, 5.41) is 0.162. The van der Waals surface area contributed by atoms with Gasteiger partial charge in [-0.1, -0.05) is 12.1 Å². The predicted molar refractivity (Wildman–Crippen MR) is 75.1 cm³/mol. The molecule has 2 rings (SSSR count). The van der Waals surface area contributed by atoms with Gasteiger partial charge in [-0.25, -0.2) is 0 Å². The maximum absolute atomic E-state index is 11.9. The smallest absolute Gasteiger partial charge is 0.224 e. The summed E-state index contributed by atoms with van der Waals surface area (Å²) in [5.41, 5.74) is 1.11. The molecule has 1 aromatic rings. The molecule has 1 heterocycles. The molecule has 3 nitrogen and oxygen atoms in total. The molecule has 0 aliphatic carbocycles. The number of hydrogen-bond donors (Lipinski definition) is 1. The van der Waals surface area contributed by atoms with E-state index >= 15 is 0 Å². The van der Waals surface area contributed by atoms with E-state index in [0.29, 0.717) is 13.0 Å². The van der Waals surface area contributed by atoms with Crippen molar-refractivity contribution in [3.05, 3.63) is 29.8 Å². The number of amides is 1. The highest BCUT2D eigenvalue weighted by atomic mass is 32.1. The topological polar surface area (TPSA) is 29.5 Å². The molecule has 1 aromatic carbocycles. The highest BCUT2D eigenvalue weighted by Gasteiger charge is 2.31. The molecule has 4 heteroatoms. The highest BCUT2D eigenvalue weighted by molar-refractivity contribution is 7.81. The van der Waals surface area contributed by atoms with Gasteiger partial charge in [0.05, 0.1) is 12.6 Å². The first-order valence-corrected chi connectivity index (χ1v) is 6.83. The van der Waals surface area contributed by atoms with Crippen molar-refractivity contribution in [2.45, 2.75) is 31.6 Å². The minimum absolute atomic E-state index is 0.0788. The number of rotatable bonds is 4. The van der Waals surface area contributed by atoms with Gasteiger partial charge in [0.15, 0.2) is 0 Å². The molecule has 1 aliphatic heterocycles. The van der Waals surface area contributed by atoms with E-state index in [2.05, 4.69) is 19.6 Å². The van der Waals surface area contributed by atoms with Crippen molar-refractivity contribution in [2.75, 3.05) is 13.2 Å². The van der Waals surface area contributed by atoms with E-state index in [4.69, 9.17) is 4.74 Å². The fraction of sp³-hybridized carbons (Fsp3) is 0.500. The van der Waals surface area contributed by atoms with Gasteiger partial charge in [-0.15, -0.1) is 0 Å². The monoisotopic (exact) mass is 265 g/mol. The van der Waals surface area contributed by atoms with Crippen molar-refractivity contribution in [1.82, 2.24) is 4.90 Å². The van der Waals surface area contributed by atoms with E-state index in [9.17, 15) is 4.79 Å². The van der Waals surface area contributed by atoms with Crippen molar-refractivity contribution >= 4 is 18.5 Å². The fourth-order valence-corrected chi connectivity index (χ4v) is 2.63. The molecule has 1 fully saturated rings. The molecule has 0 N–H and O–H groups in total. The third-order valence-corrected chi connectivity index (χ3v) is 3.60. The van der Waals surface area contributed by atoms with E-state index < -0.39 is 0 Å². The fourth-order valence-electron chi connectivity index (χ4n) is 2.30. The second kappa shape index (κ2) is 5.65. The zero-order valence-electron chi connectivity index (χ0n) is 10.8. The van der Waals surface area contributed by atoms with Gasteiger partial charge < -0.3 is 9.64 Å². The minimum Gasteiger partial charge on any atom is -0.494 e. The van der Waals surface area contributed by atoms with Crippen molar-refractivity contribution in [2.24, 2.45) is 0 Å². The molecule has 18 heavy (non-hydrogen) atoms. The van der Waals surface area contributed by atoms with Crippen LogP contribution in [0.3, 0.4) is 0 Å². The Morgan fingerprint density at radius 2 is 2.33 bits per heavy atom. The number of likely N-dealkylation sites (tertiary alicyclic amines) is 1. The molecule has 0 radical (unpaired) electrons. The van der Waals surface area contributed by atoms with Crippen LogP contribution in [0, 0.1) is 0 Å². The number of thiol groups is 1. The Bertz CT molecular complexity index is 436. The van der Waals surface area contributed by atoms with Crippen LogP contribution in [-0.2, 0) is 4.79 Å². The van der Waals surface area contributed by atoms with Gasteiger partial charge in [0, 0.05) is 18.2 Å². The van der Waals surface area contributed by atoms with Crippen LogP contribution in [0.5, 0.6) is 5.75 Å². The van der Waals surface area contributed by atoms with Gasteiger partial charge in [-0.3, -0.25) is 4.79 Å². The summed E-state index contributed by atoms with van der Waals surface area (Å²) < 4.78 is 5.49. The number of benzene rings is 1. The second-order valence-electron chi connectivity index (χ2n) is 4.59. The van der Waals surface area contributed by atoms with Gasteiger partial charge in [0.1, 0.15) is 5.75 Å². The normalized spacial score (nSPS) is 21.2. The molecule has 0 bridgehead atoms. The molecule has 0 spiro atoms. The quantitative estimate of drug-likeness (QED) is 0.848. The van der Waals surface area contributed by atoms with E-state index in [1.54, 1.807) is 0 Å². The molecule has 98 valence electrons. The van der Waals surface area contributed by atoms with Crippen molar-refractivity contribution in [1.29, 1.82) is 0 Å². The average molecular weight is 265 g/mol. The third-order valence-electron chi connectivity index (χ3n) is 3.26. The lowest BCUT2D eigenvalue weighted by Gasteiger charge is -2.25. The van der Waals surface area contributed by atoms with Crippen LogP contribution >= 0.6 is 12.6 Å². The molecule has 2 unspecified atom stereocenters. The molecule has 1 aliphatic rings. The van der Waals surface area contributed by atoms with E-state index in [1.165, 1.54) is 0 Å². The van der Waals surface area contributed by atoms with Gasteiger partial charge >= 0.3 is 0 Å². The second-order valence-corrected chi connectivity index (χ2v) is 5.32. The lowest BCUT2D eigenvalue weighted by Crippen LogP contribution is -2.28. The lowest BCUT2D eigenvalue weighted by molar-refractivity contribution is -0.129. The van der Waals surface area contributed by atoms with Crippen LogP contribution in [0.4, 0.5) is 0 Å². The largest absolute Gasteiger partial charge is 0.494 e. The standard InChI is InChI=1S/C14H19NO2S/c1-3-17-12-6-4-5-11(7-12)10(2)15-9-13(18)8-14(15)16/h4-7,10,13,18H,3,8-9H2,1-2H3. The summed E-state index contributed by atoms with van der Waals surface area (Å²) in [4.78, 5) is 13.7. The van der Waals surface area contributed by atoms with Crippen LogP contribution in [0.2, 0.25) is 0 Å². The van der Waals surface area contributed by atoms with Crippen LogP contribution in [0.25, 0.3) is 0 Å². The maximum Gasteiger partial charge on any atom is 0.224 e. The van der Waals surface area contributed by atoms with E-state index in [1.807, 2.05) is 36.1 Å². The van der Waals surface area contributed by atoms with Crippen LogP contribution < -0.4 is 4.74 Å². The number of hydrogen-bond acceptors (Lipinski definition) is 3. The Hall–Kier alpha value is -1.16. The lowest BCUT2D eigenvalue weighted by atomic mass is 10.1. The zero-order chi connectivity index (χ0) is 13.1. The number of carbonyl (C=O) groups excluding carboxylic acids is 1. The Balaban J connectivity index is 2.15. The van der Waals surface area contributed by atoms with Crippen molar-refractivity contribution in [3.63, 3.8) is 0 Å². The molecule has 2 atom stereocenters. The molecular weight excluding hydrogens is 246 g/mol. The Labute approximate surface area is 114 Å². The van der Waals surface area contributed by atoms with E-state index in [0.717, 1.165) is 17.9 Å². The Morgan fingerprint density at radius 3 is 2.94 bits per heavy atom. The zero-order valence-corrected chi connectivity index (χ0v) is 11.7. The minimum atomic E-state index is 0.0788. The van der Waals surface area contributed by atoms with Gasteiger partial charge in [0.2, 0.25) is 5.91 Å². The van der Waals surface area contributed by atoms with Gasteiger partial charge in [0.25, 0.3) is 0 Å². The summed E-state index contributed by atoms with van der Waals surface area (Å²) in [5.74, 6) is 1.04. The first-order chi connectivity index (χ1) is 8.61. The molecule has 1 saturated heterocycles. The molecular formula is C14H19NO2S.